The van der Waals surface area contributed by atoms with E-state index in [0.29, 0.717) is 40.6 Å². The molecule has 3 aliphatic heterocycles. The number of methoxy groups -OCH3 is 2. The summed E-state index contributed by atoms with van der Waals surface area (Å²) in [5.74, 6) is 0.981. The van der Waals surface area contributed by atoms with Crippen molar-refractivity contribution in [2.24, 2.45) is 0 Å². The van der Waals surface area contributed by atoms with Gasteiger partial charge in [-0.05, 0) is 69.2 Å². The Morgan fingerprint density at radius 3 is 2.33 bits per heavy atom. The fraction of sp³-hybridized carbons (Fsp3) is 0.436. The summed E-state index contributed by atoms with van der Waals surface area (Å²) in [7, 11) is 5.37. The first-order chi connectivity index (χ1) is 24.0. The monoisotopic (exact) mass is 664 g/mol. The van der Waals surface area contributed by atoms with Crippen molar-refractivity contribution >= 4 is 22.5 Å². The molecule has 3 fully saturated rings. The Labute approximate surface area is 289 Å². The number of likely N-dealkylation sites (N-methyl/N-ethyl adjacent to an activating group) is 1. The highest BCUT2D eigenvalue weighted by Crippen LogP contribution is 2.35. The molecule has 3 aromatic carbocycles. The topological polar surface area (TPSA) is 94.7 Å². The second kappa shape index (κ2) is 15.1. The van der Waals surface area contributed by atoms with Gasteiger partial charge in [-0.25, -0.2) is 4.98 Å². The number of piperidine rings is 1. The molecule has 2 N–H and O–H groups in total. The smallest absolute Gasteiger partial charge is 0.252 e. The molecule has 258 valence electrons. The number of piperazine rings is 1. The van der Waals surface area contributed by atoms with Gasteiger partial charge in [-0.3, -0.25) is 15.0 Å². The van der Waals surface area contributed by atoms with E-state index in [1.54, 1.807) is 14.2 Å². The van der Waals surface area contributed by atoms with E-state index in [1.807, 2.05) is 18.2 Å². The van der Waals surface area contributed by atoms with Crippen LogP contribution in [0.25, 0.3) is 22.2 Å². The molecule has 2 atom stereocenters. The van der Waals surface area contributed by atoms with E-state index in [0.717, 1.165) is 76.3 Å². The number of nitrogens with one attached hydrogen (secondary N) is 2. The summed E-state index contributed by atoms with van der Waals surface area (Å²) in [5.41, 5.74) is 5.48. The van der Waals surface area contributed by atoms with Crippen LogP contribution in [0.5, 0.6) is 11.5 Å². The predicted molar refractivity (Wildman–Crippen MR) is 193 cm³/mol. The van der Waals surface area contributed by atoms with Crippen LogP contribution >= 0.6 is 0 Å². The molecule has 0 bridgehead atoms. The van der Waals surface area contributed by atoms with Gasteiger partial charge in [0.1, 0.15) is 12.3 Å². The van der Waals surface area contributed by atoms with Crippen LogP contribution in [0.4, 0.5) is 5.69 Å². The highest BCUT2D eigenvalue weighted by Gasteiger charge is 2.40. The molecule has 0 saturated carbocycles. The van der Waals surface area contributed by atoms with Gasteiger partial charge >= 0.3 is 0 Å². The zero-order chi connectivity index (χ0) is 33.7. The van der Waals surface area contributed by atoms with Crippen LogP contribution in [-0.2, 0) is 11.3 Å². The molecule has 49 heavy (non-hydrogen) atoms. The van der Waals surface area contributed by atoms with Gasteiger partial charge in [-0.15, -0.1) is 0 Å². The number of carbonyl (C=O) groups is 1. The molecule has 3 saturated heterocycles. The van der Waals surface area contributed by atoms with Crippen LogP contribution in [0, 0.1) is 0 Å². The molecular weight excluding hydrogens is 616 g/mol. The number of likely N-dealkylation sites (tertiary alicyclic amines) is 1. The number of amides is 1. The second-order valence-corrected chi connectivity index (χ2v) is 13.5. The summed E-state index contributed by atoms with van der Waals surface area (Å²) >= 11 is 0. The van der Waals surface area contributed by atoms with E-state index < -0.39 is 0 Å². The van der Waals surface area contributed by atoms with Crippen molar-refractivity contribution in [2.45, 2.75) is 44.2 Å². The van der Waals surface area contributed by atoms with Crippen LogP contribution in [0.3, 0.4) is 0 Å². The minimum atomic E-state index is -0.147. The number of nitrogens with zero attached hydrogens (tertiary/aromatic N) is 4. The molecule has 3 aliphatic rings. The third-order valence-corrected chi connectivity index (χ3v) is 10.1. The Bertz CT molecular complexity index is 1720. The minimum Gasteiger partial charge on any atom is -0.493 e. The van der Waals surface area contributed by atoms with Crippen molar-refractivity contribution < 1.29 is 19.0 Å². The molecule has 0 aliphatic carbocycles. The normalized spacial score (nSPS) is 20.3. The maximum atomic E-state index is 13.8. The lowest BCUT2D eigenvalue weighted by molar-refractivity contribution is 0.0954. The third-order valence-electron chi connectivity index (χ3n) is 10.1. The first-order valence-corrected chi connectivity index (χ1v) is 17.5. The molecule has 1 amide bonds. The van der Waals surface area contributed by atoms with Crippen molar-refractivity contribution in [1.82, 2.24) is 25.4 Å². The summed E-state index contributed by atoms with van der Waals surface area (Å²) in [4.78, 5) is 26.0. The molecule has 7 rings (SSSR count). The lowest BCUT2D eigenvalue weighted by atomic mass is 10.0. The molecule has 10 heteroatoms. The molecule has 0 spiro atoms. The van der Waals surface area contributed by atoms with Crippen molar-refractivity contribution in [2.75, 3.05) is 72.0 Å². The Balaban J connectivity index is 0.973. The van der Waals surface area contributed by atoms with Gasteiger partial charge in [0.15, 0.2) is 11.5 Å². The first-order valence-electron chi connectivity index (χ1n) is 17.5. The Morgan fingerprint density at radius 1 is 0.898 bits per heavy atom. The maximum Gasteiger partial charge on any atom is 0.252 e. The highest BCUT2D eigenvalue weighted by atomic mass is 16.6. The van der Waals surface area contributed by atoms with Crippen molar-refractivity contribution in [3.05, 3.63) is 83.9 Å². The number of carbonyl (C=O) groups excluding carboxylic acids is 1. The van der Waals surface area contributed by atoms with E-state index in [9.17, 15) is 4.79 Å². The van der Waals surface area contributed by atoms with Gasteiger partial charge in [-0.1, -0.05) is 42.5 Å². The number of benzene rings is 3. The van der Waals surface area contributed by atoms with Crippen LogP contribution in [0.15, 0.2) is 72.8 Å². The van der Waals surface area contributed by atoms with Gasteiger partial charge in [0.25, 0.3) is 5.91 Å². The molecule has 4 aromatic rings. The Kier molecular flexibility index (Phi) is 10.3. The average molecular weight is 665 g/mol. The number of pyridine rings is 1. The van der Waals surface area contributed by atoms with Crippen molar-refractivity contribution in [3.8, 4) is 22.8 Å². The highest BCUT2D eigenvalue weighted by molar-refractivity contribution is 6.08. The number of hydrogen-bond donors (Lipinski definition) is 2. The SMILES string of the molecule is COc1cc2nc(-c3ccc(N4CCN(C)CC4)cc3)cc(C(=O)NCCC3OC3NC3CCN(Cc4ccccc4)CC3)c2cc1OC. The third kappa shape index (κ3) is 7.99. The van der Waals surface area contributed by atoms with Gasteiger partial charge in [0.2, 0.25) is 0 Å². The van der Waals surface area contributed by atoms with Gasteiger partial charge < -0.3 is 29.3 Å². The summed E-state index contributed by atoms with van der Waals surface area (Å²) in [6, 6.07) is 25.2. The maximum absolute atomic E-state index is 13.8. The van der Waals surface area contributed by atoms with Crippen LogP contribution < -0.4 is 25.0 Å². The lowest BCUT2D eigenvalue weighted by Gasteiger charge is -2.34. The number of aromatic nitrogens is 1. The average Bonchev–Trinajstić information content (AvgIpc) is 3.89. The molecule has 1 aromatic heterocycles. The summed E-state index contributed by atoms with van der Waals surface area (Å²) in [5, 5.41) is 7.57. The van der Waals surface area contributed by atoms with Gasteiger partial charge in [0, 0.05) is 68.0 Å². The number of ether oxygens (including phenoxy) is 3. The number of epoxide rings is 1. The van der Waals surface area contributed by atoms with Crippen LogP contribution in [0.2, 0.25) is 0 Å². The van der Waals surface area contributed by atoms with Crippen molar-refractivity contribution in [3.63, 3.8) is 0 Å². The van der Waals surface area contributed by atoms with Crippen LogP contribution in [0.1, 0.15) is 35.2 Å². The van der Waals surface area contributed by atoms with Gasteiger partial charge in [0.05, 0.1) is 31.0 Å². The summed E-state index contributed by atoms with van der Waals surface area (Å²) in [6.07, 6.45) is 3.13. The molecule has 2 unspecified atom stereocenters. The Morgan fingerprint density at radius 2 is 1.61 bits per heavy atom. The molecular formula is C39H48N6O4. The molecule has 10 nitrogen and oxygen atoms in total. The number of anilines is 1. The molecule has 0 radical (unpaired) electrons. The lowest BCUT2D eigenvalue weighted by Crippen LogP contribution is -2.44. The minimum absolute atomic E-state index is 0.0569. The molecule has 4 heterocycles. The van der Waals surface area contributed by atoms with Crippen LogP contribution in [-0.4, -0.2) is 106 Å². The van der Waals surface area contributed by atoms with Gasteiger partial charge in [-0.2, -0.15) is 0 Å². The van der Waals surface area contributed by atoms with E-state index in [4.69, 9.17) is 19.2 Å². The first kappa shape index (κ1) is 33.3. The zero-order valence-corrected chi connectivity index (χ0v) is 28.9. The van der Waals surface area contributed by atoms with E-state index in [-0.39, 0.29) is 18.2 Å². The fourth-order valence-electron chi connectivity index (χ4n) is 7.06. The number of fused-ring (bicyclic) bond motifs is 1. The second-order valence-electron chi connectivity index (χ2n) is 13.5. The fourth-order valence-corrected chi connectivity index (χ4v) is 7.06. The van der Waals surface area contributed by atoms with E-state index in [2.05, 4.69) is 87.0 Å². The largest absolute Gasteiger partial charge is 0.493 e. The number of hydrogen-bond acceptors (Lipinski definition) is 9. The van der Waals surface area contributed by atoms with E-state index in [1.165, 1.54) is 11.3 Å². The predicted octanol–water partition coefficient (Wildman–Crippen LogP) is 4.77. The van der Waals surface area contributed by atoms with E-state index >= 15 is 0 Å². The standard InChI is InChI=1S/C39H48N6O4/c1-43-19-21-45(22-20-43)30-11-9-28(10-12-30)33-23-32(31-24-36(47-2)37(48-3)25-34(31)42-33)38(46)40-16-13-35-39(49-35)41-29-14-17-44(18-15-29)26-27-7-5-4-6-8-27/h4-12,23-25,29,35,39,41H,13-22,26H2,1-3H3,(H,40,46). The Hall–Kier alpha value is -4.22. The quantitative estimate of drug-likeness (QED) is 0.208. The summed E-state index contributed by atoms with van der Waals surface area (Å²) < 4.78 is 17.1. The zero-order valence-electron chi connectivity index (χ0n) is 28.9. The van der Waals surface area contributed by atoms with Crippen molar-refractivity contribution in [1.29, 1.82) is 0 Å². The summed E-state index contributed by atoms with van der Waals surface area (Å²) in [6.45, 7) is 7.81. The number of rotatable bonds is 12.